The first-order valence-corrected chi connectivity index (χ1v) is 13.0. The molecule has 2 saturated carbocycles. The lowest BCUT2D eigenvalue weighted by Crippen LogP contribution is -2.35. The molecular formula is C30H40F2N2. The number of rotatable bonds is 11. The predicted molar refractivity (Wildman–Crippen MR) is 136 cm³/mol. The van der Waals surface area contributed by atoms with E-state index in [0.29, 0.717) is 25.7 Å². The summed E-state index contributed by atoms with van der Waals surface area (Å²) in [4.78, 5) is 2.51. The number of hydrogen-bond donors (Lipinski definition) is 0. The minimum atomic E-state index is -1.23. The molecule has 2 aliphatic carbocycles. The van der Waals surface area contributed by atoms with Crippen LogP contribution in [-0.2, 0) is 24.2 Å². The predicted octanol–water partition coefficient (Wildman–Crippen LogP) is 7.80. The van der Waals surface area contributed by atoms with E-state index in [0.717, 1.165) is 74.8 Å². The average Bonchev–Trinajstić information content (AvgIpc) is 2.80. The van der Waals surface area contributed by atoms with E-state index in [1.54, 1.807) is 6.07 Å². The van der Waals surface area contributed by atoms with Gasteiger partial charge in [0.1, 0.15) is 11.3 Å². The van der Waals surface area contributed by atoms with Crippen LogP contribution in [-0.4, -0.2) is 24.5 Å². The minimum Gasteiger partial charge on any atom is -0.303 e. The second-order valence-corrected chi connectivity index (χ2v) is 9.87. The molecule has 0 aliphatic heterocycles. The van der Waals surface area contributed by atoms with Crippen LogP contribution in [0.1, 0.15) is 87.5 Å². The summed E-state index contributed by atoms with van der Waals surface area (Å²) in [6.07, 6.45) is 8.10. The smallest absolute Gasteiger partial charge is 0.136 e. The first-order valence-electron chi connectivity index (χ1n) is 13.0. The number of halogens is 2. The monoisotopic (exact) mass is 466 g/mol. The van der Waals surface area contributed by atoms with Crippen LogP contribution < -0.4 is 0 Å². The van der Waals surface area contributed by atoms with Gasteiger partial charge in [-0.1, -0.05) is 55.5 Å². The molecule has 0 unspecified atom stereocenters. The van der Waals surface area contributed by atoms with Gasteiger partial charge in [-0.15, -0.1) is 0 Å². The van der Waals surface area contributed by atoms with Crippen LogP contribution in [0.2, 0.25) is 0 Å². The molecule has 0 N–H and O–H groups in total. The third-order valence-electron chi connectivity index (χ3n) is 7.43. The van der Waals surface area contributed by atoms with E-state index in [-0.39, 0.29) is 0 Å². The van der Waals surface area contributed by atoms with E-state index in [4.69, 9.17) is 5.26 Å². The highest BCUT2D eigenvalue weighted by molar-refractivity contribution is 5.44. The van der Waals surface area contributed by atoms with Crippen molar-refractivity contribution in [3.63, 3.8) is 0 Å². The molecule has 2 aliphatic rings. The Kier molecular flexibility index (Phi) is 9.65. The Hall–Kier alpha value is -2.25. The van der Waals surface area contributed by atoms with Crippen LogP contribution >= 0.6 is 0 Å². The Morgan fingerprint density at radius 2 is 1.38 bits per heavy atom. The summed E-state index contributed by atoms with van der Waals surface area (Å²) >= 11 is 0. The summed E-state index contributed by atoms with van der Waals surface area (Å²) in [6, 6.07) is 18.1. The summed E-state index contributed by atoms with van der Waals surface area (Å²) < 4.78 is 30.9. The summed E-state index contributed by atoms with van der Waals surface area (Å²) in [7, 11) is 0. The van der Waals surface area contributed by atoms with Gasteiger partial charge in [-0.25, -0.2) is 8.78 Å². The molecule has 184 valence electrons. The Balaban J connectivity index is 0.00000103. The fourth-order valence-corrected chi connectivity index (χ4v) is 5.27. The molecule has 2 fully saturated rings. The highest BCUT2D eigenvalue weighted by Gasteiger charge is 2.45. The largest absolute Gasteiger partial charge is 0.303 e. The van der Waals surface area contributed by atoms with E-state index in [1.807, 2.05) is 18.2 Å². The second kappa shape index (κ2) is 12.5. The van der Waals surface area contributed by atoms with Gasteiger partial charge in [-0.3, -0.25) is 0 Å². The molecule has 2 nitrogen and oxygen atoms in total. The van der Waals surface area contributed by atoms with Crippen molar-refractivity contribution < 1.29 is 8.78 Å². The van der Waals surface area contributed by atoms with Crippen molar-refractivity contribution >= 4 is 0 Å². The number of nitriles is 1. The van der Waals surface area contributed by atoms with Gasteiger partial charge in [0.25, 0.3) is 0 Å². The molecule has 0 atom stereocenters. The van der Waals surface area contributed by atoms with Gasteiger partial charge in [0.2, 0.25) is 0 Å². The Labute approximate surface area is 205 Å². The van der Waals surface area contributed by atoms with Crippen LogP contribution in [0.4, 0.5) is 8.78 Å². The van der Waals surface area contributed by atoms with Crippen molar-refractivity contribution in [2.75, 3.05) is 19.6 Å². The number of hydrogen-bond acceptors (Lipinski definition) is 2. The maximum atomic E-state index is 15.5. The van der Waals surface area contributed by atoms with E-state index in [9.17, 15) is 0 Å². The van der Waals surface area contributed by atoms with Crippen LogP contribution in [0.5, 0.6) is 0 Å². The molecule has 34 heavy (non-hydrogen) atoms. The van der Waals surface area contributed by atoms with Crippen molar-refractivity contribution in [1.29, 1.82) is 5.26 Å². The normalized spacial score (nSPS) is 17.6. The second-order valence-electron chi connectivity index (χ2n) is 9.87. The third kappa shape index (κ3) is 6.45. The molecule has 0 bridgehead atoms. The molecule has 4 heteroatoms. The van der Waals surface area contributed by atoms with Crippen molar-refractivity contribution in [2.45, 2.75) is 89.4 Å². The van der Waals surface area contributed by atoms with Crippen molar-refractivity contribution in [3.8, 4) is 6.07 Å². The van der Waals surface area contributed by atoms with Crippen molar-refractivity contribution in [2.24, 2.45) is 0 Å². The minimum absolute atomic E-state index is 0.585. The summed E-state index contributed by atoms with van der Waals surface area (Å²) in [5.74, 6) is 0. The molecular weight excluding hydrogens is 426 g/mol. The van der Waals surface area contributed by atoms with Gasteiger partial charge in [0.15, 0.2) is 0 Å². The fraction of sp³-hybridized carbons (Fsp3) is 0.567. The maximum absolute atomic E-state index is 15.5. The molecule has 0 aromatic heterocycles. The van der Waals surface area contributed by atoms with Gasteiger partial charge >= 0.3 is 0 Å². The molecule has 0 heterocycles. The highest BCUT2D eigenvalue weighted by Crippen LogP contribution is 2.51. The number of nitrogens with zero attached hydrogens (tertiary/aromatic N) is 2. The van der Waals surface area contributed by atoms with Gasteiger partial charge in [0.05, 0.1) is 6.07 Å². The van der Waals surface area contributed by atoms with Crippen LogP contribution in [0, 0.1) is 11.3 Å². The molecule has 0 radical (unpaired) electrons. The summed E-state index contributed by atoms with van der Waals surface area (Å²) in [6.45, 7) is 6.73. The zero-order valence-electron chi connectivity index (χ0n) is 21.0. The number of benzene rings is 2. The molecule has 2 aromatic rings. The van der Waals surface area contributed by atoms with Crippen molar-refractivity contribution in [1.82, 2.24) is 4.90 Å². The quantitative estimate of drug-likeness (QED) is 0.338. The lowest BCUT2D eigenvalue weighted by atomic mass is 9.69. The fourth-order valence-electron chi connectivity index (χ4n) is 5.27. The van der Waals surface area contributed by atoms with Crippen molar-refractivity contribution in [3.05, 3.63) is 70.8 Å². The number of alkyl halides is 2. The van der Waals surface area contributed by atoms with E-state index < -0.39 is 11.3 Å². The molecule has 0 spiro atoms. The van der Waals surface area contributed by atoms with Gasteiger partial charge < -0.3 is 4.90 Å². The Morgan fingerprint density at radius 3 is 1.85 bits per heavy atom. The van der Waals surface area contributed by atoms with Crippen LogP contribution in [0.25, 0.3) is 0 Å². The first kappa shape index (κ1) is 26.4. The molecule has 4 rings (SSSR count). The van der Waals surface area contributed by atoms with E-state index in [2.05, 4.69) is 42.2 Å². The van der Waals surface area contributed by atoms with E-state index in [1.165, 1.54) is 12.5 Å². The van der Waals surface area contributed by atoms with E-state index >= 15 is 8.78 Å². The average molecular weight is 467 g/mol. The maximum Gasteiger partial charge on any atom is 0.136 e. The van der Waals surface area contributed by atoms with Gasteiger partial charge in [-0.05, 0) is 99.6 Å². The Bertz CT molecular complexity index is 888. The first-order chi connectivity index (χ1) is 16.5. The summed E-state index contributed by atoms with van der Waals surface area (Å²) in [5.41, 5.74) is 1.44. The zero-order valence-corrected chi connectivity index (χ0v) is 21.0. The highest BCUT2D eigenvalue weighted by atomic mass is 19.1. The lowest BCUT2D eigenvalue weighted by molar-refractivity contribution is 0.0513. The van der Waals surface area contributed by atoms with Crippen LogP contribution in [0.15, 0.2) is 48.5 Å². The molecule has 2 aromatic carbocycles. The molecule has 0 saturated heterocycles. The SMILES string of the molecule is CC#N.CCCN(CCCc1c(C2(F)CCC2)cccc1C1(F)CCC1)CCc1ccccc1. The summed E-state index contributed by atoms with van der Waals surface area (Å²) in [5, 5.41) is 7.32. The molecule has 0 amide bonds. The topological polar surface area (TPSA) is 27.0 Å². The Morgan fingerprint density at radius 1 is 0.824 bits per heavy atom. The van der Waals surface area contributed by atoms with Crippen LogP contribution in [0.3, 0.4) is 0 Å². The third-order valence-corrected chi connectivity index (χ3v) is 7.43. The van der Waals surface area contributed by atoms with Gasteiger partial charge in [0, 0.05) is 13.5 Å². The standard InChI is InChI=1S/C28H37F2N.C2H3N/c1-2-20-31(22-15-23-10-4-3-5-11-23)21-7-12-24-25(27(29)16-8-17-27)13-6-14-26(24)28(30)18-9-19-28;1-2-3/h3-6,10-11,13-14H,2,7-9,12,15-22H2,1H3;1H3. The lowest BCUT2D eigenvalue weighted by Gasteiger charge is -2.40. The zero-order chi connectivity index (χ0) is 24.4. The van der Waals surface area contributed by atoms with Gasteiger partial charge in [-0.2, -0.15) is 5.26 Å².